The molecular weight excluding hydrogens is 416 g/mol. The van der Waals surface area contributed by atoms with Crippen LogP contribution in [0, 0.1) is 0 Å². The Bertz CT molecular complexity index is 787. The molecule has 26 heavy (non-hydrogen) atoms. The largest absolute Gasteiger partial charge is 0.301 e. The number of sulfonamides is 1. The molecule has 0 spiro atoms. The molecule has 2 heterocycles. The fourth-order valence-corrected chi connectivity index (χ4v) is 5.21. The number of aryl methyl sites for hydroxylation is 1. The summed E-state index contributed by atoms with van der Waals surface area (Å²) in [4.78, 5) is 2.72. The summed E-state index contributed by atoms with van der Waals surface area (Å²) >= 11 is 3.35. The minimum Gasteiger partial charge on any atom is -0.301 e. The second kappa shape index (κ2) is 9.12. The van der Waals surface area contributed by atoms with Gasteiger partial charge in [0.15, 0.2) is 0 Å². The van der Waals surface area contributed by atoms with E-state index in [2.05, 4.69) is 25.9 Å². The molecule has 0 saturated carbocycles. The van der Waals surface area contributed by atoms with Gasteiger partial charge in [-0.15, -0.1) is 0 Å². The Morgan fingerprint density at radius 1 is 1.00 bits per heavy atom. The first-order valence-electron chi connectivity index (χ1n) is 9.01. The lowest BCUT2D eigenvalue weighted by molar-refractivity contribution is 0.185. The third-order valence-electron chi connectivity index (χ3n) is 4.69. The van der Waals surface area contributed by atoms with Crippen molar-refractivity contribution in [3.05, 3.63) is 47.2 Å². The number of hydrogen-bond acceptors (Lipinski definition) is 4. The number of benzene rings is 1. The van der Waals surface area contributed by atoms with Crippen molar-refractivity contribution in [2.75, 3.05) is 32.7 Å². The van der Waals surface area contributed by atoms with Crippen LogP contribution in [0.3, 0.4) is 0 Å². The van der Waals surface area contributed by atoms with Crippen molar-refractivity contribution in [1.82, 2.24) is 19.0 Å². The molecule has 2 aromatic rings. The lowest BCUT2D eigenvalue weighted by atomic mass is 10.2. The molecule has 1 saturated heterocycles. The highest BCUT2D eigenvalue weighted by Gasteiger charge is 2.28. The minimum atomic E-state index is -3.40. The molecule has 1 aromatic heterocycles. The Hall–Kier alpha value is -1.22. The van der Waals surface area contributed by atoms with Gasteiger partial charge in [-0.3, -0.25) is 4.68 Å². The molecule has 0 bridgehead atoms. The van der Waals surface area contributed by atoms with Gasteiger partial charge in [0, 0.05) is 49.6 Å². The van der Waals surface area contributed by atoms with Crippen LogP contribution >= 0.6 is 15.9 Å². The first kappa shape index (κ1) is 19.5. The molecule has 0 unspecified atom stereocenters. The second-order valence-corrected chi connectivity index (χ2v) is 9.39. The van der Waals surface area contributed by atoms with Crippen LogP contribution in [-0.2, 0) is 16.6 Å². The highest BCUT2D eigenvalue weighted by Crippen LogP contribution is 2.21. The van der Waals surface area contributed by atoms with E-state index in [0.29, 0.717) is 18.0 Å². The first-order valence-corrected chi connectivity index (χ1v) is 11.2. The van der Waals surface area contributed by atoms with Gasteiger partial charge in [-0.2, -0.15) is 9.40 Å². The SMILES string of the molecule is O=S(=O)(c1cccc(Br)c1)N1CCN(CCCCCn2cccn2)CC1. The van der Waals surface area contributed by atoms with Crippen molar-refractivity contribution in [1.29, 1.82) is 0 Å². The van der Waals surface area contributed by atoms with Crippen molar-refractivity contribution in [2.24, 2.45) is 0 Å². The van der Waals surface area contributed by atoms with Gasteiger partial charge in [0.25, 0.3) is 0 Å². The summed E-state index contributed by atoms with van der Waals surface area (Å²) in [5, 5.41) is 4.21. The smallest absolute Gasteiger partial charge is 0.243 e. The minimum absolute atomic E-state index is 0.360. The van der Waals surface area contributed by atoms with Crippen LogP contribution in [-0.4, -0.2) is 60.1 Å². The average molecular weight is 441 g/mol. The van der Waals surface area contributed by atoms with Crippen molar-refractivity contribution in [3.8, 4) is 0 Å². The maximum atomic E-state index is 12.7. The third kappa shape index (κ3) is 5.16. The average Bonchev–Trinajstić information content (AvgIpc) is 3.15. The fraction of sp³-hybridized carbons (Fsp3) is 0.500. The zero-order valence-electron chi connectivity index (χ0n) is 14.8. The molecule has 142 valence electrons. The number of hydrogen-bond donors (Lipinski definition) is 0. The number of unbranched alkanes of at least 4 members (excludes halogenated alkanes) is 2. The maximum Gasteiger partial charge on any atom is 0.243 e. The summed E-state index contributed by atoms with van der Waals surface area (Å²) in [6.07, 6.45) is 7.22. The van der Waals surface area contributed by atoms with E-state index in [1.807, 2.05) is 29.2 Å². The van der Waals surface area contributed by atoms with Gasteiger partial charge < -0.3 is 4.90 Å². The predicted molar refractivity (Wildman–Crippen MR) is 105 cm³/mol. The monoisotopic (exact) mass is 440 g/mol. The van der Waals surface area contributed by atoms with Gasteiger partial charge in [0.2, 0.25) is 10.0 Å². The zero-order valence-corrected chi connectivity index (χ0v) is 17.2. The van der Waals surface area contributed by atoms with E-state index in [9.17, 15) is 8.42 Å². The molecule has 8 heteroatoms. The number of piperazine rings is 1. The van der Waals surface area contributed by atoms with Crippen LogP contribution in [0.25, 0.3) is 0 Å². The summed E-state index contributed by atoms with van der Waals surface area (Å²) in [6, 6.07) is 8.87. The molecule has 0 amide bonds. The van der Waals surface area contributed by atoms with Gasteiger partial charge in [0.1, 0.15) is 0 Å². The summed E-state index contributed by atoms with van der Waals surface area (Å²) in [6.45, 7) is 4.71. The Labute approximate surface area is 164 Å². The normalized spacial score (nSPS) is 16.8. The molecule has 1 aliphatic heterocycles. The quantitative estimate of drug-likeness (QED) is 0.592. The van der Waals surface area contributed by atoms with Crippen LogP contribution in [0.5, 0.6) is 0 Å². The first-order chi connectivity index (χ1) is 12.6. The molecule has 6 nitrogen and oxygen atoms in total. The van der Waals surface area contributed by atoms with Crippen molar-refractivity contribution < 1.29 is 8.42 Å². The fourth-order valence-electron chi connectivity index (χ4n) is 3.19. The van der Waals surface area contributed by atoms with Gasteiger partial charge in [0.05, 0.1) is 4.90 Å². The Morgan fingerprint density at radius 3 is 2.46 bits per heavy atom. The van der Waals surface area contributed by atoms with Crippen molar-refractivity contribution in [2.45, 2.75) is 30.7 Å². The van der Waals surface area contributed by atoms with E-state index in [1.54, 1.807) is 22.5 Å². The molecule has 1 aromatic carbocycles. The predicted octanol–water partition coefficient (Wildman–Crippen LogP) is 2.82. The van der Waals surface area contributed by atoms with Crippen LogP contribution in [0.1, 0.15) is 19.3 Å². The molecule has 1 fully saturated rings. The number of nitrogens with zero attached hydrogens (tertiary/aromatic N) is 4. The number of aromatic nitrogens is 2. The summed E-state index contributed by atoms with van der Waals surface area (Å²) in [7, 11) is -3.40. The van der Waals surface area contributed by atoms with Gasteiger partial charge in [-0.1, -0.05) is 28.4 Å². The summed E-state index contributed by atoms with van der Waals surface area (Å²) in [5.41, 5.74) is 0. The van der Waals surface area contributed by atoms with Crippen LogP contribution < -0.4 is 0 Å². The zero-order chi connectivity index (χ0) is 18.4. The van der Waals surface area contributed by atoms with E-state index >= 15 is 0 Å². The van der Waals surface area contributed by atoms with Crippen molar-refractivity contribution >= 4 is 26.0 Å². The lowest BCUT2D eigenvalue weighted by Gasteiger charge is -2.34. The second-order valence-electron chi connectivity index (χ2n) is 6.53. The molecule has 0 radical (unpaired) electrons. The van der Waals surface area contributed by atoms with Gasteiger partial charge >= 0.3 is 0 Å². The molecule has 1 aliphatic rings. The van der Waals surface area contributed by atoms with Crippen LogP contribution in [0.15, 0.2) is 52.1 Å². The Kier molecular flexibility index (Phi) is 6.86. The summed E-state index contributed by atoms with van der Waals surface area (Å²) < 4.78 is 29.8. The molecular formula is C18H25BrN4O2S. The van der Waals surface area contributed by atoms with E-state index in [0.717, 1.165) is 49.9 Å². The van der Waals surface area contributed by atoms with Gasteiger partial charge in [-0.05, 0) is 43.7 Å². The summed E-state index contributed by atoms with van der Waals surface area (Å²) in [5.74, 6) is 0. The highest BCUT2D eigenvalue weighted by atomic mass is 79.9. The van der Waals surface area contributed by atoms with Gasteiger partial charge in [-0.25, -0.2) is 8.42 Å². The van der Waals surface area contributed by atoms with Crippen LogP contribution in [0.4, 0.5) is 0 Å². The lowest BCUT2D eigenvalue weighted by Crippen LogP contribution is -2.48. The Morgan fingerprint density at radius 2 is 1.77 bits per heavy atom. The maximum absolute atomic E-state index is 12.7. The molecule has 0 aliphatic carbocycles. The van der Waals surface area contributed by atoms with E-state index in [4.69, 9.17) is 0 Å². The third-order valence-corrected chi connectivity index (χ3v) is 7.07. The van der Waals surface area contributed by atoms with E-state index in [1.165, 1.54) is 0 Å². The van der Waals surface area contributed by atoms with Crippen LogP contribution in [0.2, 0.25) is 0 Å². The number of halogens is 1. The van der Waals surface area contributed by atoms with Crippen molar-refractivity contribution in [3.63, 3.8) is 0 Å². The molecule has 3 rings (SSSR count). The topological polar surface area (TPSA) is 58.4 Å². The van der Waals surface area contributed by atoms with E-state index < -0.39 is 10.0 Å². The highest BCUT2D eigenvalue weighted by molar-refractivity contribution is 9.10. The Balaban J connectivity index is 1.40. The number of rotatable bonds is 8. The molecule has 0 N–H and O–H groups in total. The van der Waals surface area contributed by atoms with E-state index in [-0.39, 0.29) is 0 Å². The standard InChI is InChI=1S/C18H25BrN4O2S/c19-17-6-4-7-18(16-17)26(24,25)23-14-12-21(13-15-23)9-2-1-3-10-22-11-5-8-20-22/h4-8,11,16H,1-3,9-10,12-15H2. The molecule has 0 atom stereocenters.